The van der Waals surface area contributed by atoms with Gasteiger partial charge in [-0.25, -0.2) is 0 Å². The molecular weight excluding hydrogens is 498 g/mol. The number of carbonyl (C=O) groups excluding carboxylic acids is 3. The molecule has 196 valence electrons. The van der Waals surface area contributed by atoms with Crippen LogP contribution in [0.2, 0.25) is 0 Å². The third-order valence-corrected chi connectivity index (χ3v) is 8.74. The molecule has 5 nitrogen and oxygen atoms in total. The summed E-state index contributed by atoms with van der Waals surface area (Å²) in [5.41, 5.74) is 3.45. The summed E-state index contributed by atoms with van der Waals surface area (Å²) in [4.78, 5) is 46.0. The molecule has 1 aliphatic carbocycles. The van der Waals surface area contributed by atoms with Crippen LogP contribution in [0.1, 0.15) is 53.7 Å². The van der Waals surface area contributed by atoms with Crippen LogP contribution in [0.5, 0.6) is 5.75 Å². The van der Waals surface area contributed by atoms with Crippen LogP contribution in [-0.2, 0) is 0 Å². The number of rotatable bonds is 4. The van der Waals surface area contributed by atoms with E-state index in [0.29, 0.717) is 22.4 Å². The topological polar surface area (TPSA) is 63.7 Å². The lowest BCUT2D eigenvalue weighted by Crippen LogP contribution is -2.48. The number of anilines is 1. The van der Waals surface area contributed by atoms with Crippen LogP contribution in [0, 0.1) is 12.3 Å². The molecule has 0 unspecified atom stereocenters. The van der Waals surface area contributed by atoms with E-state index in [-0.39, 0.29) is 17.3 Å². The zero-order valence-electron chi connectivity index (χ0n) is 22.2. The summed E-state index contributed by atoms with van der Waals surface area (Å²) in [5, 5.41) is 0. The Bertz CT molecular complexity index is 1700. The minimum atomic E-state index is -1.52. The number of benzene rings is 4. The van der Waals surface area contributed by atoms with Crippen LogP contribution in [0.15, 0.2) is 103 Å². The number of hydrogen-bond acceptors (Lipinski definition) is 5. The molecule has 3 aliphatic rings. The largest absolute Gasteiger partial charge is 0.497 e. The highest BCUT2D eigenvalue weighted by atomic mass is 16.5. The summed E-state index contributed by atoms with van der Waals surface area (Å²) in [6, 6.07) is 28.3. The summed E-state index contributed by atoms with van der Waals surface area (Å²) in [6.45, 7) is 2.03. The van der Waals surface area contributed by atoms with Gasteiger partial charge in [0.1, 0.15) is 17.2 Å². The Morgan fingerprint density at radius 2 is 1.52 bits per heavy atom. The summed E-state index contributed by atoms with van der Waals surface area (Å²) in [7, 11) is 1.59. The summed E-state index contributed by atoms with van der Waals surface area (Å²) in [6.07, 6.45) is 3.95. The van der Waals surface area contributed by atoms with Gasteiger partial charge in [0.2, 0.25) is 0 Å². The summed E-state index contributed by atoms with van der Waals surface area (Å²) >= 11 is 0. The van der Waals surface area contributed by atoms with Crippen molar-refractivity contribution in [3.05, 3.63) is 137 Å². The second-order valence-electron chi connectivity index (χ2n) is 10.8. The maximum absolute atomic E-state index is 14.7. The average molecular weight is 526 g/mol. The van der Waals surface area contributed by atoms with Crippen molar-refractivity contribution >= 4 is 29.1 Å². The van der Waals surface area contributed by atoms with Crippen LogP contribution in [0.4, 0.5) is 5.69 Å². The van der Waals surface area contributed by atoms with E-state index in [1.165, 1.54) is 0 Å². The molecule has 2 heterocycles. The quantitative estimate of drug-likeness (QED) is 0.231. The van der Waals surface area contributed by atoms with Crippen molar-refractivity contribution < 1.29 is 19.1 Å². The second kappa shape index (κ2) is 8.88. The molecule has 1 fully saturated rings. The van der Waals surface area contributed by atoms with E-state index >= 15 is 0 Å². The lowest BCUT2D eigenvalue weighted by Gasteiger charge is -2.37. The van der Waals surface area contributed by atoms with Crippen LogP contribution in [0.3, 0.4) is 0 Å². The van der Waals surface area contributed by atoms with Crippen LogP contribution < -0.4 is 9.64 Å². The van der Waals surface area contributed by atoms with Crippen molar-refractivity contribution in [3.8, 4) is 5.75 Å². The van der Waals surface area contributed by atoms with E-state index in [9.17, 15) is 14.4 Å². The molecular formula is C35H27NO4. The molecule has 4 aromatic carbocycles. The molecule has 2 aliphatic heterocycles. The highest BCUT2D eigenvalue weighted by molar-refractivity contribution is 6.32. The molecule has 4 aromatic rings. The van der Waals surface area contributed by atoms with E-state index in [4.69, 9.17) is 4.74 Å². The van der Waals surface area contributed by atoms with Gasteiger partial charge in [0.05, 0.1) is 13.2 Å². The number of aryl methyl sites for hydroxylation is 1. The van der Waals surface area contributed by atoms with Crippen molar-refractivity contribution in [1.82, 2.24) is 0 Å². The molecule has 1 saturated heterocycles. The number of hydrogen-bond donors (Lipinski definition) is 0. The van der Waals surface area contributed by atoms with E-state index in [1.807, 2.05) is 78.6 Å². The predicted octanol–water partition coefficient (Wildman–Crippen LogP) is 6.32. The van der Waals surface area contributed by atoms with Crippen molar-refractivity contribution in [2.75, 3.05) is 12.0 Å². The molecule has 7 rings (SSSR count). The first-order valence-electron chi connectivity index (χ1n) is 13.5. The highest BCUT2D eigenvalue weighted by Gasteiger charge is 2.71. The lowest BCUT2D eigenvalue weighted by molar-refractivity contribution is 0.0665. The van der Waals surface area contributed by atoms with Gasteiger partial charge >= 0.3 is 0 Å². The number of nitrogens with zero attached hydrogens (tertiary/aromatic N) is 1. The van der Waals surface area contributed by atoms with Crippen molar-refractivity contribution in [2.45, 2.75) is 24.9 Å². The normalized spacial score (nSPS) is 21.8. The smallest absolute Gasteiger partial charge is 0.185 e. The van der Waals surface area contributed by atoms with Gasteiger partial charge < -0.3 is 9.64 Å². The van der Waals surface area contributed by atoms with Gasteiger partial charge in [-0.2, -0.15) is 0 Å². The Morgan fingerprint density at radius 3 is 2.23 bits per heavy atom. The molecule has 40 heavy (non-hydrogen) atoms. The predicted molar refractivity (Wildman–Crippen MR) is 154 cm³/mol. The minimum absolute atomic E-state index is 0.131. The molecule has 1 spiro atoms. The Balaban J connectivity index is 1.56. The van der Waals surface area contributed by atoms with Gasteiger partial charge in [-0.05, 0) is 42.3 Å². The molecule has 3 atom stereocenters. The van der Waals surface area contributed by atoms with Gasteiger partial charge in [-0.15, -0.1) is 0 Å². The molecule has 0 radical (unpaired) electrons. The Hall–Kier alpha value is -4.77. The first-order valence-corrected chi connectivity index (χ1v) is 13.5. The fraction of sp³-hybridized carbons (Fsp3) is 0.171. The number of ketones is 3. The Morgan fingerprint density at radius 1 is 0.825 bits per heavy atom. The van der Waals surface area contributed by atoms with Crippen LogP contribution in [-0.4, -0.2) is 36.5 Å². The van der Waals surface area contributed by atoms with Crippen LogP contribution in [0.25, 0.3) is 6.08 Å². The molecule has 0 saturated carbocycles. The number of methoxy groups -OCH3 is 1. The second-order valence-corrected chi connectivity index (χ2v) is 10.8. The Labute approximate surface area is 232 Å². The number of carbonyl (C=O) groups is 3. The first kappa shape index (κ1) is 24.3. The maximum atomic E-state index is 14.7. The molecule has 0 bridgehead atoms. The third kappa shape index (κ3) is 3.18. The number of fused-ring (bicyclic) bond motifs is 5. The van der Waals surface area contributed by atoms with Gasteiger partial charge in [-0.3, -0.25) is 14.4 Å². The highest BCUT2D eigenvalue weighted by Crippen LogP contribution is 2.61. The van der Waals surface area contributed by atoms with Gasteiger partial charge in [-0.1, -0.05) is 90.5 Å². The zero-order valence-corrected chi connectivity index (χ0v) is 22.2. The van der Waals surface area contributed by atoms with E-state index in [2.05, 4.69) is 6.07 Å². The van der Waals surface area contributed by atoms with E-state index < -0.39 is 23.4 Å². The lowest BCUT2D eigenvalue weighted by atomic mass is 9.64. The SMILES string of the molecule is COc1cccc([C@H]2[C@H](C(=O)c3ccccc3)N3c4ccc(C)cc4C=C[C@H]3C23C(=O)c2ccccc2C3=O)c1. The zero-order chi connectivity index (χ0) is 27.6. The van der Waals surface area contributed by atoms with Crippen molar-refractivity contribution in [2.24, 2.45) is 5.41 Å². The summed E-state index contributed by atoms with van der Waals surface area (Å²) in [5.74, 6) is -0.761. The van der Waals surface area contributed by atoms with E-state index in [0.717, 1.165) is 22.4 Å². The fourth-order valence-corrected chi connectivity index (χ4v) is 7.08. The Kier molecular flexibility index (Phi) is 5.39. The van der Waals surface area contributed by atoms with Crippen molar-refractivity contribution in [1.29, 1.82) is 0 Å². The number of ether oxygens (including phenoxy) is 1. The maximum Gasteiger partial charge on any atom is 0.185 e. The molecule has 0 N–H and O–H groups in total. The molecule has 0 amide bonds. The third-order valence-electron chi connectivity index (χ3n) is 8.74. The van der Waals surface area contributed by atoms with Crippen LogP contribution >= 0.6 is 0 Å². The first-order chi connectivity index (χ1) is 19.5. The standard InChI is InChI=1S/C35H27NO4/c1-21-15-17-28-23(19-21)16-18-29-35(33(38)26-13-6-7-14-27(26)34(35)39)30(24-11-8-12-25(20-24)40-2)31(36(28)29)32(37)22-9-4-3-5-10-22/h3-20,29-31H,1-2H3/t29-,30-,31+/m0/s1. The minimum Gasteiger partial charge on any atom is -0.497 e. The fourth-order valence-electron chi connectivity index (χ4n) is 7.08. The van der Waals surface area contributed by atoms with E-state index in [1.54, 1.807) is 43.5 Å². The molecule has 5 heteroatoms. The van der Waals surface area contributed by atoms with Crippen molar-refractivity contribution in [3.63, 3.8) is 0 Å². The van der Waals surface area contributed by atoms with Gasteiger partial charge in [0, 0.05) is 28.3 Å². The van der Waals surface area contributed by atoms with Gasteiger partial charge in [0.15, 0.2) is 17.3 Å². The molecule has 0 aromatic heterocycles. The average Bonchev–Trinajstić information content (AvgIpc) is 3.43. The monoisotopic (exact) mass is 525 g/mol. The van der Waals surface area contributed by atoms with Gasteiger partial charge in [0.25, 0.3) is 0 Å². The summed E-state index contributed by atoms with van der Waals surface area (Å²) < 4.78 is 5.57. The number of Topliss-reactive ketones (excluding diaryl/α,β-unsaturated/α-hetero) is 3.